The summed E-state index contributed by atoms with van der Waals surface area (Å²) in [6.07, 6.45) is 2.23. The Morgan fingerprint density at radius 3 is 2.74 bits per heavy atom. The van der Waals surface area contributed by atoms with E-state index in [-0.39, 0.29) is 6.03 Å². The van der Waals surface area contributed by atoms with E-state index < -0.39 is 0 Å². The van der Waals surface area contributed by atoms with Gasteiger partial charge in [-0.2, -0.15) is 11.3 Å². The highest BCUT2D eigenvalue weighted by molar-refractivity contribution is 7.08. The van der Waals surface area contributed by atoms with E-state index in [1.807, 2.05) is 23.1 Å². The van der Waals surface area contributed by atoms with Gasteiger partial charge < -0.3 is 10.2 Å². The predicted molar refractivity (Wildman–Crippen MR) is 79.6 cm³/mol. The summed E-state index contributed by atoms with van der Waals surface area (Å²) >= 11 is 1.68. The van der Waals surface area contributed by atoms with Crippen LogP contribution >= 0.6 is 11.3 Å². The molecule has 1 fully saturated rings. The minimum Gasteiger partial charge on any atom is -0.325 e. The van der Waals surface area contributed by atoms with Crippen LogP contribution in [0.4, 0.5) is 10.5 Å². The lowest BCUT2D eigenvalue weighted by Crippen LogP contribution is -2.32. The largest absolute Gasteiger partial charge is 0.325 e. The first-order valence-corrected chi connectivity index (χ1v) is 7.46. The van der Waals surface area contributed by atoms with Crippen molar-refractivity contribution in [1.29, 1.82) is 0 Å². The molecule has 2 heterocycles. The van der Waals surface area contributed by atoms with Crippen molar-refractivity contribution in [3.8, 4) is 11.1 Å². The van der Waals surface area contributed by atoms with Gasteiger partial charge in [-0.3, -0.25) is 0 Å². The van der Waals surface area contributed by atoms with E-state index in [1.54, 1.807) is 11.3 Å². The Kier molecular flexibility index (Phi) is 3.51. The van der Waals surface area contributed by atoms with Crippen LogP contribution in [0.5, 0.6) is 0 Å². The molecular formula is C15H16N2OS. The van der Waals surface area contributed by atoms with E-state index >= 15 is 0 Å². The second-order valence-corrected chi connectivity index (χ2v) is 5.50. The van der Waals surface area contributed by atoms with Crippen molar-refractivity contribution in [2.24, 2.45) is 0 Å². The predicted octanol–water partition coefficient (Wildman–Crippen LogP) is 4.04. The van der Waals surface area contributed by atoms with Gasteiger partial charge >= 0.3 is 6.03 Å². The first-order valence-electron chi connectivity index (χ1n) is 6.51. The molecule has 0 aliphatic carbocycles. The van der Waals surface area contributed by atoms with Gasteiger partial charge in [0.05, 0.1) is 0 Å². The molecule has 4 heteroatoms. The molecular weight excluding hydrogens is 256 g/mol. The van der Waals surface area contributed by atoms with Crippen LogP contribution in [0, 0.1) is 0 Å². The highest BCUT2D eigenvalue weighted by atomic mass is 32.1. The third kappa shape index (κ3) is 2.79. The fourth-order valence-corrected chi connectivity index (χ4v) is 2.99. The summed E-state index contributed by atoms with van der Waals surface area (Å²) in [7, 11) is 0. The van der Waals surface area contributed by atoms with Crippen molar-refractivity contribution < 1.29 is 4.79 Å². The molecule has 0 saturated carbocycles. The normalized spacial score (nSPS) is 14.6. The number of amides is 2. The van der Waals surface area contributed by atoms with Crippen LogP contribution in [0.15, 0.2) is 41.1 Å². The van der Waals surface area contributed by atoms with Crippen LogP contribution in [-0.4, -0.2) is 24.0 Å². The first kappa shape index (κ1) is 12.2. The highest BCUT2D eigenvalue weighted by Crippen LogP contribution is 2.25. The Labute approximate surface area is 116 Å². The summed E-state index contributed by atoms with van der Waals surface area (Å²) in [6, 6.07) is 10.1. The zero-order valence-corrected chi connectivity index (χ0v) is 11.5. The number of carbonyl (C=O) groups excluding carboxylic acids is 1. The maximum atomic E-state index is 12.0. The van der Waals surface area contributed by atoms with Gasteiger partial charge in [0.1, 0.15) is 0 Å². The fraction of sp³-hybridized carbons (Fsp3) is 0.267. The van der Waals surface area contributed by atoms with Crippen LogP contribution in [0.2, 0.25) is 0 Å². The summed E-state index contributed by atoms with van der Waals surface area (Å²) in [5.74, 6) is 0. The number of anilines is 1. The molecule has 19 heavy (non-hydrogen) atoms. The van der Waals surface area contributed by atoms with Crippen molar-refractivity contribution in [2.75, 3.05) is 18.4 Å². The van der Waals surface area contributed by atoms with Gasteiger partial charge in [-0.25, -0.2) is 4.79 Å². The van der Waals surface area contributed by atoms with Crippen LogP contribution in [-0.2, 0) is 0 Å². The molecule has 1 aromatic carbocycles. The minimum atomic E-state index is 0.0139. The summed E-state index contributed by atoms with van der Waals surface area (Å²) < 4.78 is 0. The van der Waals surface area contributed by atoms with E-state index in [4.69, 9.17) is 0 Å². The maximum Gasteiger partial charge on any atom is 0.321 e. The Hall–Kier alpha value is -1.81. The molecule has 0 atom stereocenters. The van der Waals surface area contributed by atoms with E-state index in [9.17, 15) is 4.79 Å². The summed E-state index contributed by atoms with van der Waals surface area (Å²) in [6.45, 7) is 1.74. The number of rotatable bonds is 2. The van der Waals surface area contributed by atoms with Gasteiger partial charge in [-0.1, -0.05) is 12.1 Å². The maximum absolute atomic E-state index is 12.0. The first-order chi connectivity index (χ1) is 9.33. The average molecular weight is 272 g/mol. The standard InChI is InChI=1S/C15H16N2OS/c18-15(17-7-1-2-8-17)16-14-5-3-4-12(10-14)13-6-9-19-11-13/h3-6,9-11H,1-2,7-8H2,(H,16,18). The molecule has 1 aliphatic heterocycles. The smallest absolute Gasteiger partial charge is 0.321 e. The van der Waals surface area contributed by atoms with E-state index in [2.05, 4.69) is 28.2 Å². The van der Waals surface area contributed by atoms with Crippen LogP contribution in [0.25, 0.3) is 11.1 Å². The number of carbonyl (C=O) groups is 1. The molecule has 2 aromatic rings. The summed E-state index contributed by atoms with van der Waals surface area (Å²) in [5.41, 5.74) is 3.20. The number of urea groups is 1. The van der Waals surface area contributed by atoms with Crippen molar-refractivity contribution in [2.45, 2.75) is 12.8 Å². The van der Waals surface area contributed by atoms with Gasteiger partial charge in [0.25, 0.3) is 0 Å². The van der Waals surface area contributed by atoms with Crippen molar-refractivity contribution >= 4 is 23.1 Å². The molecule has 2 amide bonds. The van der Waals surface area contributed by atoms with Crippen molar-refractivity contribution in [1.82, 2.24) is 4.90 Å². The molecule has 0 bridgehead atoms. The van der Waals surface area contributed by atoms with Crippen LogP contribution in [0.3, 0.4) is 0 Å². The Balaban J connectivity index is 1.74. The van der Waals surface area contributed by atoms with Gasteiger partial charge in [-0.15, -0.1) is 0 Å². The molecule has 98 valence electrons. The van der Waals surface area contributed by atoms with Crippen LogP contribution in [0.1, 0.15) is 12.8 Å². The fourth-order valence-electron chi connectivity index (χ4n) is 2.33. The summed E-state index contributed by atoms with van der Waals surface area (Å²) in [5, 5.41) is 7.15. The van der Waals surface area contributed by atoms with Gasteiger partial charge in [0.2, 0.25) is 0 Å². The molecule has 0 unspecified atom stereocenters. The van der Waals surface area contributed by atoms with E-state index in [0.717, 1.165) is 37.2 Å². The third-order valence-corrected chi connectivity index (χ3v) is 4.04. The molecule has 0 radical (unpaired) electrons. The molecule has 3 nitrogen and oxygen atoms in total. The highest BCUT2D eigenvalue weighted by Gasteiger charge is 2.17. The number of benzene rings is 1. The Morgan fingerprint density at radius 1 is 1.16 bits per heavy atom. The van der Waals surface area contributed by atoms with E-state index in [1.165, 1.54) is 5.56 Å². The molecule has 1 saturated heterocycles. The third-order valence-electron chi connectivity index (χ3n) is 3.36. The van der Waals surface area contributed by atoms with E-state index in [0.29, 0.717) is 0 Å². The van der Waals surface area contributed by atoms with Gasteiger partial charge in [-0.05, 0) is 52.9 Å². The summed E-state index contributed by atoms with van der Waals surface area (Å²) in [4.78, 5) is 13.9. The Bertz CT molecular complexity index is 559. The number of nitrogens with zero attached hydrogens (tertiary/aromatic N) is 1. The second-order valence-electron chi connectivity index (χ2n) is 4.72. The number of nitrogens with one attached hydrogen (secondary N) is 1. The number of likely N-dealkylation sites (tertiary alicyclic amines) is 1. The van der Waals surface area contributed by atoms with Gasteiger partial charge in [0.15, 0.2) is 0 Å². The second kappa shape index (κ2) is 5.45. The van der Waals surface area contributed by atoms with Crippen LogP contribution < -0.4 is 5.32 Å². The number of hydrogen-bond donors (Lipinski definition) is 1. The topological polar surface area (TPSA) is 32.3 Å². The lowest BCUT2D eigenvalue weighted by atomic mass is 10.1. The average Bonchev–Trinajstić information content (AvgIpc) is 3.13. The molecule has 1 aromatic heterocycles. The van der Waals surface area contributed by atoms with Crippen molar-refractivity contribution in [3.05, 3.63) is 41.1 Å². The quantitative estimate of drug-likeness (QED) is 0.879. The zero-order valence-electron chi connectivity index (χ0n) is 10.6. The number of hydrogen-bond acceptors (Lipinski definition) is 2. The molecule has 3 rings (SSSR count). The molecule has 1 aliphatic rings. The number of thiophene rings is 1. The minimum absolute atomic E-state index is 0.0139. The zero-order chi connectivity index (χ0) is 13.1. The SMILES string of the molecule is O=C(Nc1cccc(-c2ccsc2)c1)N1CCCC1. The lowest BCUT2D eigenvalue weighted by molar-refractivity contribution is 0.222. The molecule has 0 spiro atoms. The Morgan fingerprint density at radius 2 is 2.00 bits per heavy atom. The monoisotopic (exact) mass is 272 g/mol. The van der Waals surface area contributed by atoms with Crippen molar-refractivity contribution in [3.63, 3.8) is 0 Å². The molecule has 1 N–H and O–H groups in total. The lowest BCUT2D eigenvalue weighted by Gasteiger charge is -2.16. The van der Waals surface area contributed by atoms with Gasteiger partial charge in [0, 0.05) is 18.8 Å².